The third-order valence-corrected chi connectivity index (χ3v) is 1.13. The monoisotopic (exact) mass is 137 g/mol. The lowest BCUT2D eigenvalue weighted by atomic mass is 10.4. The average Bonchev–Trinajstić information content (AvgIpc) is 1.97. The average molecular weight is 137 g/mol. The highest BCUT2D eigenvalue weighted by atomic mass is 14.8. The molecule has 0 spiro atoms. The van der Waals surface area contributed by atoms with Crippen LogP contribution in [0, 0.1) is 11.8 Å². The molecule has 0 rings (SSSR count). The van der Waals surface area contributed by atoms with Crippen LogP contribution in [0.15, 0.2) is 12.7 Å². The highest BCUT2D eigenvalue weighted by molar-refractivity contribution is 4.95. The summed E-state index contributed by atoms with van der Waals surface area (Å²) in [6.45, 7) is 7.51. The van der Waals surface area contributed by atoms with Gasteiger partial charge in [0.05, 0.1) is 0 Å². The Balaban J connectivity index is 2.88. The lowest BCUT2D eigenvalue weighted by Crippen LogP contribution is -2.15. The molecule has 0 saturated heterocycles. The molecule has 0 bridgehead atoms. The molecule has 0 amide bonds. The third kappa shape index (κ3) is 7.26. The molecule has 0 fully saturated rings. The Morgan fingerprint density at radius 2 is 2.30 bits per heavy atom. The minimum atomic E-state index is 0.952. The van der Waals surface area contributed by atoms with Gasteiger partial charge in [-0.05, 0) is 19.9 Å². The van der Waals surface area contributed by atoms with Crippen LogP contribution in [0.3, 0.4) is 0 Å². The molecule has 0 aliphatic rings. The lowest BCUT2D eigenvalue weighted by Gasteiger charge is -1.96. The van der Waals surface area contributed by atoms with Gasteiger partial charge < -0.3 is 5.32 Å². The molecular formula is C9H15N. The van der Waals surface area contributed by atoms with Gasteiger partial charge in [-0.1, -0.05) is 6.08 Å². The number of rotatable bonds is 5. The molecule has 0 aliphatic carbocycles. The van der Waals surface area contributed by atoms with Crippen LogP contribution >= 0.6 is 0 Å². The summed E-state index contributed by atoms with van der Waals surface area (Å²) in [5, 5.41) is 3.25. The van der Waals surface area contributed by atoms with Crippen LogP contribution in [0.2, 0.25) is 0 Å². The van der Waals surface area contributed by atoms with E-state index in [1.165, 1.54) is 0 Å². The molecule has 0 heterocycles. The molecule has 1 nitrogen and oxygen atoms in total. The fourth-order valence-corrected chi connectivity index (χ4v) is 0.605. The minimum absolute atomic E-state index is 0.952. The van der Waals surface area contributed by atoms with Crippen molar-refractivity contribution in [1.82, 2.24) is 5.32 Å². The first kappa shape index (κ1) is 9.26. The Morgan fingerprint density at radius 3 is 2.90 bits per heavy atom. The second kappa shape index (κ2) is 8.26. The maximum atomic E-state index is 3.63. The van der Waals surface area contributed by atoms with E-state index in [0.717, 1.165) is 25.9 Å². The summed E-state index contributed by atoms with van der Waals surface area (Å²) in [4.78, 5) is 0. The summed E-state index contributed by atoms with van der Waals surface area (Å²) in [6.07, 6.45) is 3.91. The molecule has 0 aliphatic heterocycles. The van der Waals surface area contributed by atoms with E-state index in [0.29, 0.717) is 0 Å². The van der Waals surface area contributed by atoms with Gasteiger partial charge in [-0.25, -0.2) is 0 Å². The van der Waals surface area contributed by atoms with Crippen molar-refractivity contribution in [3.8, 4) is 11.8 Å². The highest BCUT2D eigenvalue weighted by Gasteiger charge is 1.80. The molecule has 56 valence electrons. The van der Waals surface area contributed by atoms with Gasteiger partial charge in [0.2, 0.25) is 0 Å². The zero-order valence-corrected chi connectivity index (χ0v) is 6.61. The smallest absolute Gasteiger partial charge is 0.0214 e. The van der Waals surface area contributed by atoms with Crippen LogP contribution in [0.5, 0.6) is 0 Å². The van der Waals surface area contributed by atoms with Gasteiger partial charge >= 0.3 is 0 Å². The van der Waals surface area contributed by atoms with E-state index in [2.05, 4.69) is 23.7 Å². The van der Waals surface area contributed by atoms with Gasteiger partial charge in [0.1, 0.15) is 0 Å². The summed E-state index contributed by atoms with van der Waals surface area (Å²) in [5.41, 5.74) is 0. The third-order valence-electron chi connectivity index (χ3n) is 1.13. The van der Waals surface area contributed by atoms with Crippen molar-refractivity contribution in [2.24, 2.45) is 0 Å². The summed E-state index contributed by atoms with van der Waals surface area (Å²) < 4.78 is 0. The van der Waals surface area contributed by atoms with E-state index < -0.39 is 0 Å². The van der Waals surface area contributed by atoms with Crippen LogP contribution in [-0.2, 0) is 0 Å². The van der Waals surface area contributed by atoms with Crippen molar-refractivity contribution < 1.29 is 0 Å². The van der Waals surface area contributed by atoms with Gasteiger partial charge in [-0.3, -0.25) is 0 Å². The van der Waals surface area contributed by atoms with Gasteiger partial charge in [0.15, 0.2) is 0 Å². The zero-order chi connectivity index (χ0) is 7.66. The number of hydrogen-bond donors (Lipinski definition) is 1. The van der Waals surface area contributed by atoms with Gasteiger partial charge in [-0.2, -0.15) is 0 Å². The predicted molar refractivity (Wildman–Crippen MR) is 45.8 cm³/mol. The second-order valence-corrected chi connectivity index (χ2v) is 2.00. The Labute approximate surface area is 63.5 Å². The van der Waals surface area contributed by atoms with Crippen LogP contribution in [-0.4, -0.2) is 13.1 Å². The van der Waals surface area contributed by atoms with Gasteiger partial charge in [0.25, 0.3) is 0 Å². The van der Waals surface area contributed by atoms with Crippen molar-refractivity contribution in [3.05, 3.63) is 12.7 Å². The predicted octanol–water partition coefficient (Wildman–Crippen LogP) is 1.57. The van der Waals surface area contributed by atoms with Gasteiger partial charge in [-0.15, -0.1) is 18.4 Å². The van der Waals surface area contributed by atoms with Crippen LogP contribution in [0.25, 0.3) is 0 Å². The first-order chi connectivity index (χ1) is 4.91. The summed E-state index contributed by atoms with van der Waals surface area (Å²) in [7, 11) is 0. The maximum Gasteiger partial charge on any atom is 0.0214 e. The molecule has 1 N–H and O–H groups in total. The second-order valence-electron chi connectivity index (χ2n) is 2.00. The normalized spacial score (nSPS) is 8.10. The van der Waals surface area contributed by atoms with Crippen molar-refractivity contribution in [3.63, 3.8) is 0 Å². The fourth-order valence-electron chi connectivity index (χ4n) is 0.605. The van der Waals surface area contributed by atoms with E-state index in [4.69, 9.17) is 0 Å². The fraction of sp³-hybridized carbons (Fsp3) is 0.556. The molecule has 0 saturated carbocycles. The molecule has 0 aromatic rings. The maximum absolute atomic E-state index is 3.63. The SMILES string of the molecule is C=CCCNCCC#CC. The van der Waals surface area contributed by atoms with Crippen molar-refractivity contribution in [2.45, 2.75) is 19.8 Å². The van der Waals surface area contributed by atoms with Gasteiger partial charge in [0, 0.05) is 13.0 Å². The Hall–Kier alpha value is -0.740. The Bertz CT molecular complexity index is 127. The van der Waals surface area contributed by atoms with Crippen molar-refractivity contribution in [1.29, 1.82) is 0 Å². The number of hydrogen-bond acceptors (Lipinski definition) is 1. The zero-order valence-electron chi connectivity index (χ0n) is 6.61. The largest absolute Gasteiger partial charge is 0.315 e. The molecule has 1 heteroatoms. The summed E-state index contributed by atoms with van der Waals surface area (Å²) in [6, 6.07) is 0. The van der Waals surface area contributed by atoms with E-state index in [-0.39, 0.29) is 0 Å². The van der Waals surface area contributed by atoms with E-state index in [1.54, 1.807) is 0 Å². The minimum Gasteiger partial charge on any atom is -0.315 e. The summed E-state index contributed by atoms with van der Waals surface area (Å²) >= 11 is 0. The summed E-state index contributed by atoms with van der Waals surface area (Å²) in [5.74, 6) is 5.84. The van der Waals surface area contributed by atoms with E-state index in [1.807, 2.05) is 13.0 Å². The van der Waals surface area contributed by atoms with Crippen LogP contribution in [0.1, 0.15) is 19.8 Å². The standard InChI is InChI=1S/C9H15N/c1-3-5-7-9-10-8-6-4-2/h4,10H,2,6-9H2,1H3. The van der Waals surface area contributed by atoms with E-state index in [9.17, 15) is 0 Å². The quantitative estimate of drug-likeness (QED) is 0.344. The van der Waals surface area contributed by atoms with Crippen LogP contribution < -0.4 is 5.32 Å². The van der Waals surface area contributed by atoms with Crippen LogP contribution in [0.4, 0.5) is 0 Å². The molecule has 0 aromatic carbocycles. The number of nitrogens with one attached hydrogen (secondary N) is 1. The van der Waals surface area contributed by atoms with Crippen molar-refractivity contribution >= 4 is 0 Å². The molecule has 0 unspecified atom stereocenters. The molecule has 0 atom stereocenters. The topological polar surface area (TPSA) is 12.0 Å². The molecule has 0 radical (unpaired) electrons. The molecule has 0 aromatic heterocycles. The molecular weight excluding hydrogens is 122 g/mol. The molecule has 10 heavy (non-hydrogen) atoms. The van der Waals surface area contributed by atoms with E-state index >= 15 is 0 Å². The Morgan fingerprint density at radius 1 is 1.50 bits per heavy atom. The Kier molecular flexibility index (Phi) is 7.65. The van der Waals surface area contributed by atoms with Crippen molar-refractivity contribution in [2.75, 3.05) is 13.1 Å². The first-order valence-corrected chi connectivity index (χ1v) is 3.63. The highest BCUT2D eigenvalue weighted by Crippen LogP contribution is 1.76. The first-order valence-electron chi connectivity index (χ1n) is 3.63. The lowest BCUT2D eigenvalue weighted by molar-refractivity contribution is 0.703.